The van der Waals surface area contributed by atoms with Gasteiger partial charge in [-0.3, -0.25) is 4.79 Å². The molecule has 1 saturated heterocycles. The number of rotatable bonds is 7. The lowest BCUT2D eigenvalue weighted by Crippen LogP contribution is -2.42. The van der Waals surface area contributed by atoms with E-state index < -0.39 is 10.0 Å². The number of benzene rings is 1. The van der Waals surface area contributed by atoms with Crippen LogP contribution in [0.2, 0.25) is 0 Å². The molecule has 6 nitrogen and oxygen atoms in total. The lowest BCUT2D eigenvalue weighted by molar-refractivity contribution is 0.0674. The summed E-state index contributed by atoms with van der Waals surface area (Å²) in [6.07, 6.45) is 2.85. The molecule has 1 aromatic carbocycles. The predicted molar refractivity (Wildman–Crippen MR) is 99.1 cm³/mol. The van der Waals surface area contributed by atoms with E-state index in [0.29, 0.717) is 11.5 Å². The molecule has 1 aromatic rings. The number of piperidine rings is 1. The minimum Gasteiger partial charge on any atom is -0.338 e. The van der Waals surface area contributed by atoms with Gasteiger partial charge in [-0.05, 0) is 70.0 Å². The van der Waals surface area contributed by atoms with E-state index in [1.807, 2.05) is 25.8 Å². The molecule has 0 spiro atoms. The van der Waals surface area contributed by atoms with Crippen molar-refractivity contribution >= 4 is 15.9 Å². The average Bonchev–Trinajstić information content (AvgIpc) is 2.61. The number of carbonyl (C=O) groups is 1. The first kappa shape index (κ1) is 19.9. The number of nitrogens with zero attached hydrogens (tertiary/aromatic N) is 1. The Kier molecular flexibility index (Phi) is 6.98. The second kappa shape index (κ2) is 8.78. The van der Waals surface area contributed by atoms with Crippen molar-refractivity contribution in [2.24, 2.45) is 5.92 Å². The molecule has 1 heterocycles. The molecule has 2 N–H and O–H groups in total. The van der Waals surface area contributed by atoms with E-state index in [2.05, 4.69) is 10.0 Å². The molecule has 1 fully saturated rings. The van der Waals surface area contributed by atoms with Gasteiger partial charge >= 0.3 is 0 Å². The second-order valence-corrected chi connectivity index (χ2v) is 8.49. The highest BCUT2D eigenvalue weighted by atomic mass is 32.2. The van der Waals surface area contributed by atoms with Crippen molar-refractivity contribution in [3.63, 3.8) is 0 Å². The molecule has 25 heavy (non-hydrogen) atoms. The van der Waals surface area contributed by atoms with Crippen LogP contribution in [0.3, 0.4) is 0 Å². The molecule has 140 valence electrons. The Bertz CT molecular complexity index is 671. The first-order chi connectivity index (χ1) is 11.9. The Morgan fingerprint density at radius 3 is 2.60 bits per heavy atom. The third kappa shape index (κ3) is 5.26. The van der Waals surface area contributed by atoms with Gasteiger partial charge in [0.15, 0.2) is 0 Å². The van der Waals surface area contributed by atoms with Crippen LogP contribution in [0, 0.1) is 5.92 Å². The van der Waals surface area contributed by atoms with Crippen molar-refractivity contribution in [1.29, 1.82) is 0 Å². The van der Waals surface area contributed by atoms with E-state index >= 15 is 0 Å². The Morgan fingerprint density at radius 2 is 2.00 bits per heavy atom. The van der Waals surface area contributed by atoms with Crippen molar-refractivity contribution in [2.45, 2.75) is 44.0 Å². The standard InChI is InChI=1S/C18H29N3O3S/c1-4-14(2)20-25(23,24)17-9-7-16(8-10-17)18(22)21-11-5-6-15(13-21)12-19-3/h7-10,14-15,19-20H,4-6,11-13H2,1-3H3. The Morgan fingerprint density at radius 1 is 1.32 bits per heavy atom. The zero-order valence-corrected chi connectivity index (χ0v) is 16.1. The summed E-state index contributed by atoms with van der Waals surface area (Å²) in [7, 11) is -1.61. The van der Waals surface area contributed by atoms with Crippen LogP contribution in [0.4, 0.5) is 0 Å². The number of nitrogens with one attached hydrogen (secondary N) is 2. The van der Waals surface area contributed by atoms with Crippen LogP contribution < -0.4 is 10.0 Å². The summed E-state index contributed by atoms with van der Waals surface area (Å²) in [5, 5.41) is 3.17. The maximum absolute atomic E-state index is 12.7. The van der Waals surface area contributed by atoms with Gasteiger partial charge in [0, 0.05) is 24.7 Å². The molecule has 0 aromatic heterocycles. The maximum atomic E-state index is 12.7. The normalized spacial score (nSPS) is 19.6. The molecule has 1 amide bonds. The van der Waals surface area contributed by atoms with E-state index in [1.54, 1.807) is 12.1 Å². The number of amides is 1. The van der Waals surface area contributed by atoms with Gasteiger partial charge in [-0.15, -0.1) is 0 Å². The fourth-order valence-electron chi connectivity index (χ4n) is 3.08. The molecule has 2 rings (SSSR count). The van der Waals surface area contributed by atoms with Gasteiger partial charge in [-0.2, -0.15) is 0 Å². The number of likely N-dealkylation sites (tertiary alicyclic amines) is 1. The lowest BCUT2D eigenvalue weighted by Gasteiger charge is -2.32. The molecule has 0 saturated carbocycles. The van der Waals surface area contributed by atoms with Crippen LogP contribution in [0.5, 0.6) is 0 Å². The molecular weight excluding hydrogens is 338 g/mol. The van der Waals surface area contributed by atoms with Crippen LogP contribution in [0.15, 0.2) is 29.2 Å². The molecule has 0 radical (unpaired) electrons. The van der Waals surface area contributed by atoms with E-state index in [0.717, 1.165) is 38.9 Å². The van der Waals surface area contributed by atoms with Crippen molar-refractivity contribution in [1.82, 2.24) is 14.9 Å². The van der Waals surface area contributed by atoms with E-state index in [9.17, 15) is 13.2 Å². The minimum atomic E-state index is -3.54. The topological polar surface area (TPSA) is 78.5 Å². The lowest BCUT2D eigenvalue weighted by atomic mass is 9.97. The third-order valence-electron chi connectivity index (χ3n) is 4.68. The molecule has 1 aliphatic rings. The maximum Gasteiger partial charge on any atom is 0.253 e. The summed E-state index contributed by atoms with van der Waals surface area (Å²) in [6.45, 7) is 6.16. The van der Waals surface area contributed by atoms with E-state index in [1.165, 1.54) is 12.1 Å². The van der Waals surface area contributed by atoms with Crippen molar-refractivity contribution in [3.05, 3.63) is 29.8 Å². The number of hydrogen-bond acceptors (Lipinski definition) is 4. The first-order valence-electron chi connectivity index (χ1n) is 8.93. The summed E-state index contributed by atoms with van der Waals surface area (Å²) in [4.78, 5) is 14.7. The smallest absolute Gasteiger partial charge is 0.253 e. The minimum absolute atomic E-state index is 0.0281. The highest BCUT2D eigenvalue weighted by molar-refractivity contribution is 7.89. The fraction of sp³-hybridized carbons (Fsp3) is 0.611. The van der Waals surface area contributed by atoms with E-state index in [-0.39, 0.29) is 16.8 Å². The zero-order valence-electron chi connectivity index (χ0n) is 15.3. The van der Waals surface area contributed by atoms with Gasteiger partial charge in [-0.25, -0.2) is 13.1 Å². The van der Waals surface area contributed by atoms with Gasteiger partial charge in [0.25, 0.3) is 5.91 Å². The summed E-state index contributed by atoms with van der Waals surface area (Å²) < 4.78 is 27.2. The molecule has 0 aliphatic carbocycles. The van der Waals surface area contributed by atoms with Crippen molar-refractivity contribution < 1.29 is 13.2 Å². The van der Waals surface area contributed by atoms with Crippen LogP contribution >= 0.6 is 0 Å². The summed E-state index contributed by atoms with van der Waals surface area (Å²) in [5.74, 6) is 0.446. The van der Waals surface area contributed by atoms with Crippen LogP contribution in [0.25, 0.3) is 0 Å². The van der Waals surface area contributed by atoms with Crippen molar-refractivity contribution in [3.8, 4) is 0 Å². The van der Waals surface area contributed by atoms with Crippen molar-refractivity contribution in [2.75, 3.05) is 26.7 Å². The van der Waals surface area contributed by atoms with Gasteiger partial charge in [-0.1, -0.05) is 6.92 Å². The Hall–Kier alpha value is -1.44. The molecule has 2 atom stereocenters. The molecule has 0 bridgehead atoms. The number of sulfonamides is 1. The highest BCUT2D eigenvalue weighted by Gasteiger charge is 2.24. The van der Waals surface area contributed by atoms with Gasteiger partial charge < -0.3 is 10.2 Å². The molecule has 7 heteroatoms. The predicted octanol–water partition coefficient (Wildman–Crippen LogP) is 1.84. The molecule has 2 unspecified atom stereocenters. The zero-order chi connectivity index (χ0) is 18.4. The molecular formula is C18H29N3O3S. The fourth-order valence-corrected chi connectivity index (χ4v) is 4.41. The van der Waals surface area contributed by atoms with Gasteiger partial charge in [0.1, 0.15) is 0 Å². The largest absolute Gasteiger partial charge is 0.338 e. The summed E-state index contributed by atoms with van der Waals surface area (Å²) in [6, 6.07) is 6.11. The summed E-state index contributed by atoms with van der Waals surface area (Å²) in [5.41, 5.74) is 0.535. The van der Waals surface area contributed by atoms with Crippen LogP contribution in [0.1, 0.15) is 43.5 Å². The highest BCUT2D eigenvalue weighted by Crippen LogP contribution is 2.19. The first-order valence-corrected chi connectivity index (χ1v) is 10.4. The monoisotopic (exact) mass is 367 g/mol. The Labute approximate surface area is 151 Å². The summed E-state index contributed by atoms with van der Waals surface area (Å²) >= 11 is 0. The second-order valence-electron chi connectivity index (χ2n) is 6.77. The van der Waals surface area contributed by atoms with Gasteiger partial charge in [0.2, 0.25) is 10.0 Å². The third-order valence-corrected chi connectivity index (χ3v) is 6.28. The van der Waals surface area contributed by atoms with E-state index in [4.69, 9.17) is 0 Å². The van der Waals surface area contributed by atoms with Crippen LogP contribution in [-0.4, -0.2) is 51.9 Å². The van der Waals surface area contributed by atoms with Crippen LogP contribution in [-0.2, 0) is 10.0 Å². The Balaban J connectivity index is 2.07. The van der Waals surface area contributed by atoms with Gasteiger partial charge in [0.05, 0.1) is 4.90 Å². The number of carbonyl (C=O) groups excluding carboxylic acids is 1. The average molecular weight is 368 g/mol. The SMILES string of the molecule is CCC(C)NS(=O)(=O)c1ccc(C(=O)N2CCCC(CNC)C2)cc1. The quantitative estimate of drug-likeness (QED) is 0.771. The number of hydrogen-bond donors (Lipinski definition) is 2. The molecule has 1 aliphatic heterocycles.